The Morgan fingerprint density at radius 2 is 2.00 bits per heavy atom. The van der Waals surface area contributed by atoms with Gasteiger partial charge in [-0.2, -0.15) is 4.39 Å². The summed E-state index contributed by atoms with van der Waals surface area (Å²) in [6.07, 6.45) is 0. The molecule has 2 aromatic carbocycles. The summed E-state index contributed by atoms with van der Waals surface area (Å²) in [7, 11) is 0. The number of rotatable bonds is 5. The molecular formula is C14H12FNO4. The molecule has 0 aromatic heterocycles. The molecule has 2 rings (SSSR count). The predicted octanol–water partition coefficient (Wildman–Crippen LogP) is 2.81. The SMILES string of the molecule is O=[N+]([O-])c1cccc(COc2cccc(CO)c2)c1F. The van der Waals surface area contributed by atoms with Crippen molar-refractivity contribution in [3.8, 4) is 5.75 Å². The maximum absolute atomic E-state index is 13.8. The summed E-state index contributed by atoms with van der Waals surface area (Å²) in [4.78, 5) is 9.86. The fraction of sp³-hybridized carbons (Fsp3) is 0.143. The Kier molecular flexibility index (Phi) is 4.27. The third-order valence-corrected chi connectivity index (χ3v) is 2.73. The maximum Gasteiger partial charge on any atom is 0.305 e. The second-order valence-corrected chi connectivity index (χ2v) is 4.10. The van der Waals surface area contributed by atoms with Gasteiger partial charge in [-0.3, -0.25) is 10.1 Å². The number of nitro groups is 1. The number of halogens is 1. The first-order chi connectivity index (χ1) is 9.61. The zero-order valence-corrected chi connectivity index (χ0v) is 10.5. The summed E-state index contributed by atoms with van der Waals surface area (Å²) in [5.41, 5.74) is 0.200. The summed E-state index contributed by atoms with van der Waals surface area (Å²) in [6, 6.07) is 10.6. The number of benzene rings is 2. The van der Waals surface area contributed by atoms with Gasteiger partial charge in [-0.25, -0.2) is 0 Å². The van der Waals surface area contributed by atoms with Crippen molar-refractivity contribution < 1.29 is 19.2 Å². The first-order valence-electron chi connectivity index (χ1n) is 5.86. The highest BCUT2D eigenvalue weighted by molar-refractivity contribution is 5.37. The number of ether oxygens (including phenoxy) is 1. The number of nitro benzene ring substituents is 1. The van der Waals surface area contributed by atoms with Crippen molar-refractivity contribution in [1.82, 2.24) is 0 Å². The molecular weight excluding hydrogens is 265 g/mol. The summed E-state index contributed by atoms with van der Waals surface area (Å²) in [5, 5.41) is 19.6. The van der Waals surface area contributed by atoms with Crippen LogP contribution < -0.4 is 4.74 Å². The molecule has 0 heterocycles. The van der Waals surface area contributed by atoms with Crippen LogP contribution in [0.15, 0.2) is 42.5 Å². The van der Waals surface area contributed by atoms with Crippen LogP contribution in [0.3, 0.4) is 0 Å². The molecule has 20 heavy (non-hydrogen) atoms. The summed E-state index contributed by atoms with van der Waals surface area (Å²) in [6.45, 7) is -0.245. The van der Waals surface area contributed by atoms with Gasteiger partial charge in [-0.15, -0.1) is 0 Å². The minimum atomic E-state index is -0.893. The van der Waals surface area contributed by atoms with Crippen molar-refractivity contribution in [3.05, 3.63) is 69.5 Å². The van der Waals surface area contributed by atoms with Crippen LogP contribution in [-0.4, -0.2) is 10.0 Å². The van der Waals surface area contributed by atoms with Gasteiger partial charge in [-0.1, -0.05) is 24.3 Å². The van der Waals surface area contributed by atoms with Crippen molar-refractivity contribution in [2.75, 3.05) is 0 Å². The largest absolute Gasteiger partial charge is 0.489 e. The number of hydrogen-bond donors (Lipinski definition) is 1. The Morgan fingerprint density at radius 3 is 2.70 bits per heavy atom. The molecule has 2 aromatic rings. The molecule has 6 heteroatoms. The van der Waals surface area contributed by atoms with Crippen LogP contribution in [0.1, 0.15) is 11.1 Å². The van der Waals surface area contributed by atoms with Crippen molar-refractivity contribution in [2.24, 2.45) is 0 Å². The molecule has 0 fully saturated rings. The van der Waals surface area contributed by atoms with Crippen LogP contribution in [0.4, 0.5) is 10.1 Å². The van der Waals surface area contributed by atoms with E-state index in [0.717, 1.165) is 6.07 Å². The lowest BCUT2D eigenvalue weighted by molar-refractivity contribution is -0.387. The maximum atomic E-state index is 13.8. The number of aliphatic hydroxyl groups is 1. The smallest absolute Gasteiger partial charge is 0.305 e. The third-order valence-electron chi connectivity index (χ3n) is 2.73. The highest BCUT2D eigenvalue weighted by Gasteiger charge is 2.17. The lowest BCUT2D eigenvalue weighted by atomic mass is 10.2. The Morgan fingerprint density at radius 1 is 1.25 bits per heavy atom. The van der Waals surface area contributed by atoms with E-state index in [9.17, 15) is 14.5 Å². The van der Waals surface area contributed by atoms with E-state index in [0.29, 0.717) is 11.3 Å². The molecule has 5 nitrogen and oxygen atoms in total. The topological polar surface area (TPSA) is 72.6 Å². The van der Waals surface area contributed by atoms with Gasteiger partial charge >= 0.3 is 5.69 Å². The van der Waals surface area contributed by atoms with E-state index in [1.54, 1.807) is 24.3 Å². The van der Waals surface area contributed by atoms with E-state index in [4.69, 9.17) is 9.84 Å². The lowest BCUT2D eigenvalue weighted by Gasteiger charge is -2.08. The molecule has 0 bridgehead atoms. The minimum absolute atomic E-state index is 0.105. The Hall–Kier alpha value is -2.47. The van der Waals surface area contributed by atoms with Gasteiger partial charge in [0.1, 0.15) is 12.4 Å². The fourth-order valence-electron chi connectivity index (χ4n) is 1.71. The molecule has 1 N–H and O–H groups in total. The zero-order valence-electron chi connectivity index (χ0n) is 10.5. The van der Waals surface area contributed by atoms with Gasteiger partial charge in [0.25, 0.3) is 0 Å². The van der Waals surface area contributed by atoms with Gasteiger partial charge in [0, 0.05) is 11.6 Å². The molecule has 0 aliphatic rings. The van der Waals surface area contributed by atoms with Crippen molar-refractivity contribution in [3.63, 3.8) is 0 Å². The molecule has 0 aliphatic heterocycles. The molecule has 104 valence electrons. The van der Waals surface area contributed by atoms with E-state index < -0.39 is 16.4 Å². The number of aliphatic hydroxyl groups excluding tert-OH is 1. The van der Waals surface area contributed by atoms with Crippen LogP contribution in [0.25, 0.3) is 0 Å². The first-order valence-corrected chi connectivity index (χ1v) is 5.86. The normalized spacial score (nSPS) is 10.3. The van der Waals surface area contributed by atoms with Crippen LogP contribution in [0.5, 0.6) is 5.75 Å². The molecule has 0 amide bonds. The van der Waals surface area contributed by atoms with Crippen molar-refractivity contribution >= 4 is 5.69 Å². The van der Waals surface area contributed by atoms with Gasteiger partial charge in [-0.05, 0) is 17.7 Å². The van der Waals surface area contributed by atoms with E-state index in [1.807, 2.05) is 0 Å². The van der Waals surface area contributed by atoms with Gasteiger partial charge in [0.15, 0.2) is 0 Å². The van der Waals surface area contributed by atoms with Crippen LogP contribution in [0, 0.1) is 15.9 Å². The highest BCUT2D eigenvalue weighted by atomic mass is 19.1. The van der Waals surface area contributed by atoms with E-state index in [1.165, 1.54) is 12.1 Å². The van der Waals surface area contributed by atoms with Crippen molar-refractivity contribution in [1.29, 1.82) is 0 Å². The van der Waals surface area contributed by atoms with Gasteiger partial charge in [0.05, 0.1) is 11.5 Å². The summed E-state index contributed by atoms with van der Waals surface area (Å²) in [5.74, 6) is -0.432. The molecule has 0 spiro atoms. The van der Waals surface area contributed by atoms with E-state index in [-0.39, 0.29) is 18.8 Å². The molecule has 0 radical (unpaired) electrons. The average molecular weight is 277 g/mol. The quantitative estimate of drug-likeness (QED) is 0.673. The molecule has 0 aliphatic carbocycles. The summed E-state index contributed by atoms with van der Waals surface area (Å²) < 4.78 is 19.2. The average Bonchev–Trinajstić information content (AvgIpc) is 2.46. The van der Waals surface area contributed by atoms with E-state index in [2.05, 4.69) is 0 Å². The molecule has 0 atom stereocenters. The van der Waals surface area contributed by atoms with Crippen molar-refractivity contribution in [2.45, 2.75) is 13.2 Å². The molecule has 0 saturated carbocycles. The summed E-state index contributed by atoms with van der Waals surface area (Å²) >= 11 is 0. The Balaban J connectivity index is 2.14. The Labute approximate surface area is 114 Å². The van der Waals surface area contributed by atoms with Crippen LogP contribution in [0.2, 0.25) is 0 Å². The van der Waals surface area contributed by atoms with Gasteiger partial charge in [0.2, 0.25) is 5.82 Å². The first kappa shape index (κ1) is 14.0. The highest BCUT2D eigenvalue weighted by Crippen LogP contribution is 2.22. The number of hydrogen-bond acceptors (Lipinski definition) is 4. The van der Waals surface area contributed by atoms with Crippen LogP contribution in [-0.2, 0) is 13.2 Å². The van der Waals surface area contributed by atoms with Crippen LogP contribution >= 0.6 is 0 Å². The second-order valence-electron chi connectivity index (χ2n) is 4.10. The standard InChI is InChI=1S/C14H12FNO4/c15-14-11(4-2-6-13(14)16(18)19)9-20-12-5-1-3-10(7-12)8-17/h1-7,17H,8-9H2. The zero-order chi connectivity index (χ0) is 14.5. The van der Waals surface area contributed by atoms with Gasteiger partial charge < -0.3 is 9.84 Å². The molecule has 0 unspecified atom stereocenters. The molecule has 0 saturated heterocycles. The van der Waals surface area contributed by atoms with E-state index >= 15 is 0 Å². The lowest BCUT2D eigenvalue weighted by Crippen LogP contribution is -2.02. The minimum Gasteiger partial charge on any atom is -0.489 e. The Bertz CT molecular complexity index is 630. The second kappa shape index (κ2) is 6.12. The predicted molar refractivity (Wildman–Crippen MR) is 69.8 cm³/mol. The monoisotopic (exact) mass is 277 g/mol. The number of nitrogens with zero attached hydrogens (tertiary/aromatic N) is 1. The fourth-order valence-corrected chi connectivity index (χ4v) is 1.71. The third kappa shape index (κ3) is 3.10.